The minimum absolute atomic E-state index is 0.0271. The van der Waals surface area contributed by atoms with E-state index in [2.05, 4.69) is 0 Å². The number of benzene rings is 1. The summed E-state index contributed by atoms with van der Waals surface area (Å²) in [6, 6.07) is 13.4. The van der Waals surface area contributed by atoms with E-state index < -0.39 is 0 Å². The van der Waals surface area contributed by atoms with Gasteiger partial charge in [-0.15, -0.1) is 11.3 Å². The molecule has 2 atom stereocenters. The Hall–Kier alpha value is -2.65. The molecule has 2 aromatic rings. The van der Waals surface area contributed by atoms with Crippen molar-refractivity contribution in [3.8, 4) is 6.07 Å². The summed E-state index contributed by atoms with van der Waals surface area (Å²) in [7, 11) is 1.64. The molecule has 3 rings (SSSR count). The van der Waals surface area contributed by atoms with Crippen LogP contribution in [0.3, 0.4) is 0 Å². The molecular formula is C20H21N3O2S. The van der Waals surface area contributed by atoms with E-state index in [4.69, 9.17) is 5.26 Å². The standard InChI is InChI=1S/C20H21N3O2S/c1-14-5-7-15(8-6-14)23-18(24)10-9-16(20(25)22(2)12-11-21)19(23)17-4-3-13-26-17/h3-8,13,16,19H,9-10,12H2,1-2H3. The third-order valence-electron chi connectivity index (χ3n) is 4.75. The van der Waals surface area contributed by atoms with Crippen LogP contribution in [0.25, 0.3) is 0 Å². The Labute approximate surface area is 157 Å². The molecule has 0 aliphatic carbocycles. The number of carbonyl (C=O) groups excluding carboxylic acids is 2. The van der Waals surface area contributed by atoms with Crippen molar-refractivity contribution < 1.29 is 9.59 Å². The summed E-state index contributed by atoms with van der Waals surface area (Å²) >= 11 is 1.55. The molecule has 2 unspecified atom stereocenters. The highest BCUT2D eigenvalue weighted by atomic mass is 32.1. The highest BCUT2D eigenvalue weighted by Gasteiger charge is 2.42. The Kier molecular flexibility index (Phi) is 5.38. The number of carbonyl (C=O) groups is 2. The molecule has 134 valence electrons. The molecule has 0 spiro atoms. The molecule has 0 saturated carbocycles. The van der Waals surface area contributed by atoms with Gasteiger partial charge in [0.25, 0.3) is 0 Å². The van der Waals surface area contributed by atoms with Crippen LogP contribution in [0.5, 0.6) is 0 Å². The average Bonchev–Trinajstić information content (AvgIpc) is 3.16. The number of hydrogen-bond acceptors (Lipinski definition) is 4. The second kappa shape index (κ2) is 7.71. The maximum absolute atomic E-state index is 13.0. The van der Waals surface area contributed by atoms with Crippen molar-refractivity contribution in [2.45, 2.75) is 25.8 Å². The zero-order valence-electron chi connectivity index (χ0n) is 14.9. The van der Waals surface area contributed by atoms with Crippen molar-refractivity contribution in [2.24, 2.45) is 5.92 Å². The summed E-state index contributed by atoms with van der Waals surface area (Å²) < 4.78 is 0. The van der Waals surface area contributed by atoms with Gasteiger partial charge in [-0.05, 0) is 36.9 Å². The number of nitriles is 1. The molecule has 26 heavy (non-hydrogen) atoms. The molecule has 1 fully saturated rings. The van der Waals surface area contributed by atoms with Crippen molar-refractivity contribution in [3.05, 3.63) is 52.2 Å². The fraction of sp³-hybridized carbons (Fsp3) is 0.350. The molecule has 2 heterocycles. The molecule has 6 heteroatoms. The highest BCUT2D eigenvalue weighted by Crippen LogP contribution is 2.42. The van der Waals surface area contributed by atoms with Crippen molar-refractivity contribution in [2.75, 3.05) is 18.5 Å². The minimum atomic E-state index is -0.356. The summed E-state index contributed by atoms with van der Waals surface area (Å²) in [6.45, 7) is 2.05. The van der Waals surface area contributed by atoms with Crippen LogP contribution in [0.2, 0.25) is 0 Å². The Morgan fingerprint density at radius 1 is 1.35 bits per heavy atom. The monoisotopic (exact) mass is 367 g/mol. The number of aryl methyl sites for hydroxylation is 1. The van der Waals surface area contributed by atoms with Gasteiger partial charge in [0.2, 0.25) is 11.8 Å². The fourth-order valence-corrected chi connectivity index (χ4v) is 4.29. The lowest BCUT2D eigenvalue weighted by atomic mass is 9.86. The fourth-order valence-electron chi connectivity index (χ4n) is 3.41. The lowest BCUT2D eigenvalue weighted by Gasteiger charge is -2.41. The third-order valence-corrected chi connectivity index (χ3v) is 5.69. The number of nitrogens with zero attached hydrogens (tertiary/aromatic N) is 3. The van der Waals surface area contributed by atoms with E-state index in [1.807, 2.05) is 54.8 Å². The number of piperidine rings is 1. The van der Waals surface area contributed by atoms with Crippen molar-refractivity contribution in [3.63, 3.8) is 0 Å². The summed E-state index contributed by atoms with van der Waals surface area (Å²) in [5, 5.41) is 10.9. The van der Waals surface area contributed by atoms with Gasteiger partial charge in [0.15, 0.2) is 0 Å². The molecule has 1 aromatic heterocycles. The summed E-state index contributed by atoms with van der Waals surface area (Å²) in [5.41, 5.74) is 1.92. The molecule has 0 N–H and O–H groups in total. The van der Waals surface area contributed by atoms with Crippen LogP contribution in [-0.4, -0.2) is 30.3 Å². The lowest BCUT2D eigenvalue weighted by molar-refractivity contribution is -0.136. The maximum atomic E-state index is 13.0. The topological polar surface area (TPSA) is 64.4 Å². The largest absolute Gasteiger partial charge is 0.332 e. The van der Waals surface area contributed by atoms with Gasteiger partial charge in [0, 0.05) is 24.0 Å². The van der Waals surface area contributed by atoms with Crippen LogP contribution in [0.1, 0.15) is 29.3 Å². The van der Waals surface area contributed by atoms with Crippen molar-refractivity contribution in [1.82, 2.24) is 4.90 Å². The average molecular weight is 367 g/mol. The van der Waals surface area contributed by atoms with E-state index in [1.54, 1.807) is 23.3 Å². The summed E-state index contributed by atoms with van der Waals surface area (Å²) in [6.07, 6.45) is 0.824. The van der Waals surface area contributed by atoms with Gasteiger partial charge in [-0.3, -0.25) is 9.59 Å². The first-order valence-electron chi connectivity index (χ1n) is 8.57. The quantitative estimate of drug-likeness (QED) is 0.777. The van der Waals surface area contributed by atoms with Gasteiger partial charge in [-0.2, -0.15) is 5.26 Å². The molecule has 0 radical (unpaired) electrons. The second-order valence-corrected chi connectivity index (χ2v) is 7.54. The van der Waals surface area contributed by atoms with Crippen LogP contribution >= 0.6 is 11.3 Å². The molecule has 5 nitrogen and oxygen atoms in total. The lowest BCUT2D eigenvalue weighted by Crippen LogP contribution is -2.48. The van der Waals surface area contributed by atoms with Crippen LogP contribution in [0.4, 0.5) is 5.69 Å². The Morgan fingerprint density at radius 3 is 2.69 bits per heavy atom. The highest BCUT2D eigenvalue weighted by molar-refractivity contribution is 7.10. The minimum Gasteiger partial charge on any atom is -0.332 e. The van der Waals surface area contributed by atoms with E-state index in [0.29, 0.717) is 12.8 Å². The van der Waals surface area contributed by atoms with Crippen LogP contribution < -0.4 is 4.90 Å². The summed E-state index contributed by atoms with van der Waals surface area (Å²) in [4.78, 5) is 30.0. The predicted molar refractivity (Wildman–Crippen MR) is 102 cm³/mol. The summed E-state index contributed by atoms with van der Waals surface area (Å²) in [5.74, 6) is -0.417. The first kappa shape index (κ1) is 18.2. The Balaban J connectivity index is 2.03. The number of anilines is 1. The SMILES string of the molecule is Cc1ccc(N2C(=O)CCC(C(=O)N(C)CC#N)C2c2cccs2)cc1. The van der Waals surface area contributed by atoms with Crippen molar-refractivity contribution >= 4 is 28.8 Å². The van der Waals surface area contributed by atoms with Gasteiger partial charge in [0.1, 0.15) is 6.54 Å². The smallest absolute Gasteiger partial charge is 0.228 e. The van der Waals surface area contributed by atoms with E-state index >= 15 is 0 Å². The van der Waals surface area contributed by atoms with Gasteiger partial charge in [-0.1, -0.05) is 23.8 Å². The van der Waals surface area contributed by atoms with Gasteiger partial charge in [0.05, 0.1) is 18.0 Å². The molecular weight excluding hydrogens is 346 g/mol. The molecule has 1 aliphatic rings. The third kappa shape index (κ3) is 3.49. The maximum Gasteiger partial charge on any atom is 0.228 e. The van der Waals surface area contributed by atoms with Gasteiger partial charge < -0.3 is 9.80 Å². The first-order chi connectivity index (χ1) is 12.5. The van der Waals surface area contributed by atoms with E-state index in [9.17, 15) is 9.59 Å². The number of thiophene rings is 1. The van der Waals surface area contributed by atoms with E-state index in [1.165, 1.54) is 4.90 Å². The predicted octanol–water partition coefficient (Wildman–Crippen LogP) is 3.52. The van der Waals surface area contributed by atoms with E-state index in [-0.39, 0.29) is 30.3 Å². The normalized spacial score (nSPS) is 19.9. The molecule has 1 aromatic carbocycles. The van der Waals surface area contributed by atoms with Gasteiger partial charge >= 0.3 is 0 Å². The van der Waals surface area contributed by atoms with Crippen LogP contribution in [0.15, 0.2) is 41.8 Å². The van der Waals surface area contributed by atoms with Gasteiger partial charge in [-0.25, -0.2) is 0 Å². The zero-order chi connectivity index (χ0) is 18.7. The Morgan fingerprint density at radius 2 is 2.08 bits per heavy atom. The number of amides is 2. The van der Waals surface area contributed by atoms with Crippen LogP contribution in [0, 0.1) is 24.2 Å². The van der Waals surface area contributed by atoms with Crippen molar-refractivity contribution in [1.29, 1.82) is 5.26 Å². The molecule has 2 amide bonds. The first-order valence-corrected chi connectivity index (χ1v) is 9.45. The number of rotatable bonds is 4. The van der Waals surface area contributed by atoms with E-state index in [0.717, 1.165) is 16.1 Å². The molecule has 0 bridgehead atoms. The molecule has 1 saturated heterocycles. The second-order valence-electron chi connectivity index (χ2n) is 6.56. The number of hydrogen-bond donors (Lipinski definition) is 0. The zero-order valence-corrected chi connectivity index (χ0v) is 15.7. The molecule has 1 aliphatic heterocycles. The van der Waals surface area contributed by atoms with Crippen LogP contribution in [-0.2, 0) is 9.59 Å². The Bertz CT molecular complexity index is 824.